The lowest BCUT2D eigenvalue weighted by Gasteiger charge is -2.04. The number of hydrogen-bond donors (Lipinski definition) is 2. The summed E-state index contributed by atoms with van der Waals surface area (Å²) in [6.45, 7) is 3.14. The highest BCUT2D eigenvalue weighted by molar-refractivity contribution is 4.71. The van der Waals surface area contributed by atoms with Gasteiger partial charge >= 0.3 is 0 Å². The Morgan fingerprint density at radius 1 is 1.75 bits per heavy atom. The quantitative estimate of drug-likeness (QED) is 0.496. The van der Waals surface area contributed by atoms with Crippen LogP contribution < -0.4 is 11.6 Å². The molecule has 0 aromatic carbocycles. The molecule has 0 fully saturated rings. The molecule has 0 heterocycles. The lowest BCUT2D eigenvalue weighted by molar-refractivity contribution is 0.115. The van der Waals surface area contributed by atoms with E-state index in [4.69, 9.17) is 11.6 Å². The van der Waals surface area contributed by atoms with Crippen molar-refractivity contribution in [2.75, 3.05) is 13.2 Å². The zero-order valence-electron chi connectivity index (χ0n) is 5.13. The molecule has 8 heavy (non-hydrogen) atoms. The molecule has 0 aliphatic heterocycles. The van der Waals surface area contributed by atoms with Crippen LogP contribution in [0.4, 0.5) is 0 Å². The van der Waals surface area contributed by atoms with Crippen molar-refractivity contribution >= 4 is 0 Å². The Hall–Kier alpha value is -0.120. The summed E-state index contributed by atoms with van der Waals surface area (Å²) >= 11 is 0. The minimum atomic E-state index is 0.366. The smallest absolute Gasteiger partial charge is 0.0708 e. The molecule has 1 atom stereocenters. The van der Waals surface area contributed by atoms with Crippen molar-refractivity contribution in [3.8, 4) is 0 Å². The van der Waals surface area contributed by atoms with Gasteiger partial charge in [-0.15, -0.1) is 0 Å². The minimum absolute atomic E-state index is 0.366. The Bertz CT molecular complexity index is 43.7. The van der Waals surface area contributed by atoms with Crippen LogP contribution in [0, 0.1) is 12.3 Å². The second-order valence-corrected chi connectivity index (χ2v) is 1.78. The van der Waals surface area contributed by atoms with Gasteiger partial charge in [0.15, 0.2) is 0 Å². The van der Waals surface area contributed by atoms with Crippen LogP contribution in [0.5, 0.6) is 0 Å². The van der Waals surface area contributed by atoms with Crippen molar-refractivity contribution in [3.63, 3.8) is 0 Å². The largest absolute Gasteiger partial charge is 0.330 e. The molecule has 49 valence electrons. The maximum atomic E-state index is 5.21. The summed E-state index contributed by atoms with van der Waals surface area (Å²) in [6, 6.07) is 0. The fraction of sp³-hybridized carbons (Fsp3) is 0.800. The number of rotatable bonds is 4. The third-order valence-electron chi connectivity index (χ3n) is 0.898. The molecular formula is C5H13N2O. The average molecular weight is 117 g/mol. The molecule has 3 nitrogen and oxygen atoms in total. The van der Waals surface area contributed by atoms with E-state index in [1.54, 1.807) is 0 Å². The Labute approximate surface area is 49.9 Å². The third-order valence-corrected chi connectivity index (χ3v) is 0.898. The van der Waals surface area contributed by atoms with Crippen molar-refractivity contribution in [3.05, 3.63) is 6.42 Å². The van der Waals surface area contributed by atoms with Crippen LogP contribution in [0.15, 0.2) is 0 Å². The van der Waals surface area contributed by atoms with Crippen LogP contribution in [0.2, 0.25) is 0 Å². The fourth-order valence-corrected chi connectivity index (χ4v) is 0.452. The van der Waals surface area contributed by atoms with Crippen molar-refractivity contribution in [1.29, 1.82) is 0 Å². The topological polar surface area (TPSA) is 61.3 Å². The molecule has 0 saturated carbocycles. The first kappa shape index (κ1) is 7.88. The lowest BCUT2D eigenvalue weighted by Crippen LogP contribution is -2.14. The van der Waals surface area contributed by atoms with Crippen LogP contribution in [0.25, 0.3) is 0 Å². The molecule has 0 amide bonds. The highest BCUT2D eigenvalue weighted by Crippen LogP contribution is 1.95. The summed E-state index contributed by atoms with van der Waals surface area (Å²) in [4.78, 5) is 4.37. The van der Waals surface area contributed by atoms with Gasteiger partial charge in [-0.1, -0.05) is 6.92 Å². The van der Waals surface area contributed by atoms with Gasteiger partial charge in [0, 0.05) is 0 Å². The van der Waals surface area contributed by atoms with E-state index in [2.05, 4.69) is 4.84 Å². The van der Waals surface area contributed by atoms with Crippen LogP contribution in [0.3, 0.4) is 0 Å². The van der Waals surface area contributed by atoms with E-state index in [9.17, 15) is 0 Å². The Balaban J connectivity index is 2.92. The van der Waals surface area contributed by atoms with E-state index in [1.165, 1.54) is 0 Å². The summed E-state index contributed by atoms with van der Waals surface area (Å²) in [5, 5.41) is 0. The van der Waals surface area contributed by atoms with E-state index in [1.807, 2.05) is 13.3 Å². The maximum absolute atomic E-state index is 5.21. The summed E-state index contributed by atoms with van der Waals surface area (Å²) in [5.74, 6) is 5.16. The van der Waals surface area contributed by atoms with E-state index in [-0.39, 0.29) is 0 Å². The van der Waals surface area contributed by atoms with Gasteiger partial charge in [-0.25, -0.2) is 5.90 Å². The first-order valence-electron chi connectivity index (χ1n) is 2.66. The molecule has 4 N–H and O–H groups in total. The fourth-order valence-electron chi connectivity index (χ4n) is 0.452. The predicted molar refractivity (Wildman–Crippen MR) is 32.7 cm³/mol. The van der Waals surface area contributed by atoms with Gasteiger partial charge in [-0.3, -0.25) is 0 Å². The first-order valence-corrected chi connectivity index (χ1v) is 2.66. The molecule has 0 aromatic rings. The van der Waals surface area contributed by atoms with Crippen LogP contribution in [-0.2, 0) is 4.84 Å². The lowest BCUT2D eigenvalue weighted by atomic mass is 10.1. The summed E-state index contributed by atoms with van der Waals surface area (Å²) in [6.07, 6.45) is 1.95. The van der Waals surface area contributed by atoms with Gasteiger partial charge < -0.3 is 10.6 Å². The van der Waals surface area contributed by atoms with E-state index in [0.717, 1.165) is 0 Å². The molecule has 0 bridgehead atoms. The van der Waals surface area contributed by atoms with Gasteiger partial charge in [0.1, 0.15) is 0 Å². The van der Waals surface area contributed by atoms with Gasteiger partial charge in [0.25, 0.3) is 0 Å². The Morgan fingerprint density at radius 3 is 2.75 bits per heavy atom. The molecule has 0 aliphatic rings. The molecule has 0 spiro atoms. The van der Waals surface area contributed by atoms with Gasteiger partial charge in [-0.05, 0) is 18.9 Å². The number of nitrogens with two attached hydrogens (primary N) is 2. The van der Waals surface area contributed by atoms with Crippen molar-refractivity contribution in [1.82, 2.24) is 0 Å². The third kappa shape index (κ3) is 4.05. The van der Waals surface area contributed by atoms with E-state index in [0.29, 0.717) is 19.1 Å². The van der Waals surface area contributed by atoms with Gasteiger partial charge in [-0.2, -0.15) is 0 Å². The van der Waals surface area contributed by atoms with Crippen LogP contribution >= 0.6 is 0 Å². The van der Waals surface area contributed by atoms with Crippen LogP contribution in [-0.4, -0.2) is 13.2 Å². The van der Waals surface area contributed by atoms with Gasteiger partial charge in [0.05, 0.1) is 6.61 Å². The zero-order valence-corrected chi connectivity index (χ0v) is 5.13. The molecule has 0 rings (SSSR count). The van der Waals surface area contributed by atoms with Crippen molar-refractivity contribution in [2.24, 2.45) is 17.5 Å². The normalized spacial score (nSPS) is 13.9. The zero-order chi connectivity index (χ0) is 6.41. The minimum Gasteiger partial charge on any atom is -0.330 e. The summed E-state index contributed by atoms with van der Waals surface area (Å²) in [5.41, 5.74) is 5.21. The molecular weight excluding hydrogens is 104 g/mol. The highest BCUT2D eigenvalue weighted by atomic mass is 16.6. The monoisotopic (exact) mass is 117 g/mol. The Morgan fingerprint density at radius 2 is 2.38 bits per heavy atom. The molecule has 0 saturated heterocycles. The second kappa shape index (κ2) is 5.03. The molecule has 0 aromatic heterocycles. The number of hydrogen-bond acceptors (Lipinski definition) is 3. The first-order chi connectivity index (χ1) is 3.81. The Kier molecular flexibility index (Phi) is 4.95. The molecule has 1 unspecified atom stereocenters. The molecule has 0 aliphatic carbocycles. The van der Waals surface area contributed by atoms with Crippen LogP contribution in [0.1, 0.15) is 6.92 Å². The van der Waals surface area contributed by atoms with Gasteiger partial charge in [0.2, 0.25) is 0 Å². The SMILES string of the molecule is CC([CH]CN)CON. The maximum Gasteiger partial charge on any atom is 0.0708 e. The molecule has 1 radical (unpaired) electrons. The second-order valence-electron chi connectivity index (χ2n) is 1.78. The molecule has 3 heteroatoms. The highest BCUT2D eigenvalue weighted by Gasteiger charge is 1.97. The van der Waals surface area contributed by atoms with Crippen molar-refractivity contribution < 1.29 is 4.84 Å². The van der Waals surface area contributed by atoms with E-state index >= 15 is 0 Å². The van der Waals surface area contributed by atoms with Crippen molar-refractivity contribution in [2.45, 2.75) is 6.92 Å². The standard InChI is InChI=1S/C5H13N2O/c1-5(2-3-6)4-8-7/h2,5H,3-4,6-7H2,1H3. The average Bonchev–Trinajstić information content (AvgIpc) is 1.68. The predicted octanol–water partition coefficient (Wildman–Crippen LogP) is -0.324. The summed E-state index contributed by atoms with van der Waals surface area (Å²) < 4.78 is 0. The van der Waals surface area contributed by atoms with E-state index < -0.39 is 0 Å². The summed E-state index contributed by atoms with van der Waals surface area (Å²) in [7, 11) is 0.